The fourth-order valence-electron chi connectivity index (χ4n) is 3.30. The van der Waals surface area contributed by atoms with Crippen LogP contribution < -0.4 is 10.5 Å². The van der Waals surface area contributed by atoms with Crippen LogP contribution in [0.4, 0.5) is 0 Å². The topological polar surface area (TPSA) is 72.6 Å². The van der Waals surface area contributed by atoms with Gasteiger partial charge in [-0.1, -0.05) is 41.9 Å². The molecule has 142 valence electrons. The van der Waals surface area contributed by atoms with Crippen molar-refractivity contribution in [2.24, 2.45) is 11.7 Å². The maximum absolute atomic E-state index is 13.0. The van der Waals surface area contributed by atoms with Gasteiger partial charge in [-0.25, -0.2) is 8.42 Å². The molecule has 8 heteroatoms. The Morgan fingerprint density at radius 3 is 2.46 bits per heavy atom. The summed E-state index contributed by atoms with van der Waals surface area (Å²) in [7, 11) is -2.14. The van der Waals surface area contributed by atoms with Gasteiger partial charge >= 0.3 is 0 Å². The minimum absolute atomic E-state index is 0. The van der Waals surface area contributed by atoms with Crippen molar-refractivity contribution >= 4 is 34.0 Å². The number of halogens is 2. The van der Waals surface area contributed by atoms with Crippen LogP contribution in [-0.2, 0) is 10.0 Å². The lowest BCUT2D eigenvalue weighted by molar-refractivity contribution is 0.414. The number of hydrogen-bond donors (Lipinski definition) is 1. The van der Waals surface area contributed by atoms with Crippen LogP contribution >= 0.6 is 24.0 Å². The summed E-state index contributed by atoms with van der Waals surface area (Å²) in [5.74, 6) is 0.629. The molecule has 5 nitrogen and oxygen atoms in total. The van der Waals surface area contributed by atoms with Crippen molar-refractivity contribution < 1.29 is 13.2 Å². The minimum atomic E-state index is -3.63. The quantitative estimate of drug-likeness (QED) is 0.812. The van der Waals surface area contributed by atoms with Crippen molar-refractivity contribution in [3.05, 3.63) is 59.1 Å². The Balaban J connectivity index is 0.00000243. The minimum Gasteiger partial charge on any atom is -0.495 e. The molecule has 0 spiro atoms. The summed E-state index contributed by atoms with van der Waals surface area (Å²) in [5.41, 5.74) is 7.02. The molecule has 0 saturated carbocycles. The Kier molecular flexibility index (Phi) is 6.93. The van der Waals surface area contributed by atoms with Gasteiger partial charge in [0.1, 0.15) is 5.75 Å². The zero-order valence-electron chi connectivity index (χ0n) is 14.3. The van der Waals surface area contributed by atoms with Gasteiger partial charge in [-0.15, -0.1) is 12.4 Å². The molecular weight excluding hydrogens is 395 g/mol. The van der Waals surface area contributed by atoms with Gasteiger partial charge in [0.2, 0.25) is 10.0 Å². The Hall–Kier alpha value is -1.31. The SMILES string of the molecule is COc1ccc(S(=O)(=O)N2C[C@@H](CN)[C@H](c3ccccc3)C2)cc1Cl.Cl. The fraction of sp³-hybridized carbons (Fsp3) is 0.333. The first-order valence-corrected chi connectivity index (χ1v) is 9.88. The van der Waals surface area contributed by atoms with Crippen LogP contribution in [-0.4, -0.2) is 39.5 Å². The van der Waals surface area contributed by atoms with Crippen molar-refractivity contribution in [3.8, 4) is 5.75 Å². The maximum atomic E-state index is 13.0. The van der Waals surface area contributed by atoms with E-state index in [2.05, 4.69) is 0 Å². The van der Waals surface area contributed by atoms with E-state index >= 15 is 0 Å². The molecule has 1 aliphatic rings. The molecule has 3 rings (SSSR count). The first-order chi connectivity index (χ1) is 12.0. The highest BCUT2D eigenvalue weighted by atomic mass is 35.5. The molecule has 2 aromatic carbocycles. The molecule has 1 fully saturated rings. The van der Waals surface area contributed by atoms with Crippen molar-refractivity contribution in [1.82, 2.24) is 4.31 Å². The first-order valence-electron chi connectivity index (χ1n) is 8.06. The monoisotopic (exact) mass is 416 g/mol. The number of ether oxygens (including phenoxy) is 1. The smallest absolute Gasteiger partial charge is 0.243 e. The normalized spacial score (nSPS) is 20.6. The molecule has 0 radical (unpaired) electrons. The van der Waals surface area contributed by atoms with E-state index in [1.54, 1.807) is 6.07 Å². The molecule has 0 aliphatic carbocycles. The van der Waals surface area contributed by atoms with E-state index in [4.69, 9.17) is 22.1 Å². The second kappa shape index (κ2) is 8.59. The number of nitrogens with zero attached hydrogens (tertiary/aromatic N) is 1. The number of hydrogen-bond acceptors (Lipinski definition) is 4. The van der Waals surface area contributed by atoms with Crippen LogP contribution in [0.2, 0.25) is 5.02 Å². The molecule has 1 saturated heterocycles. The second-order valence-electron chi connectivity index (χ2n) is 6.13. The third-order valence-corrected chi connectivity index (χ3v) is 6.82. The Labute approximate surface area is 165 Å². The molecule has 1 aliphatic heterocycles. The largest absolute Gasteiger partial charge is 0.495 e. The highest BCUT2D eigenvalue weighted by Crippen LogP contribution is 2.36. The standard InChI is InChI=1S/C18H21ClN2O3S.ClH/c1-24-18-8-7-15(9-17(18)19)25(22,23)21-11-14(10-20)16(12-21)13-5-3-2-4-6-13;/h2-9,14,16H,10-12,20H2,1H3;1H/t14-,16+;/m1./s1. The molecule has 1 heterocycles. The summed E-state index contributed by atoms with van der Waals surface area (Å²) in [6.07, 6.45) is 0. The summed E-state index contributed by atoms with van der Waals surface area (Å²) >= 11 is 6.09. The van der Waals surface area contributed by atoms with Gasteiger partial charge in [0, 0.05) is 19.0 Å². The lowest BCUT2D eigenvalue weighted by Gasteiger charge is -2.17. The molecule has 26 heavy (non-hydrogen) atoms. The van der Waals surface area contributed by atoms with Crippen molar-refractivity contribution in [3.63, 3.8) is 0 Å². The van der Waals surface area contributed by atoms with Gasteiger partial charge in [-0.3, -0.25) is 0 Å². The average Bonchev–Trinajstić information content (AvgIpc) is 3.07. The summed E-state index contributed by atoms with van der Waals surface area (Å²) in [6, 6.07) is 14.4. The number of nitrogens with two attached hydrogens (primary N) is 1. The molecule has 2 N–H and O–H groups in total. The van der Waals surface area contributed by atoms with Crippen LogP contribution in [0.3, 0.4) is 0 Å². The number of rotatable bonds is 5. The lowest BCUT2D eigenvalue weighted by atomic mass is 9.89. The third-order valence-electron chi connectivity index (χ3n) is 4.70. The van der Waals surface area contributed by atoms with Crippen LogP contribution in [0.1, 0.15) is 11.5 Å². The molecular formula is C18H22Cl2N2O3S. The lowest BCUT2D eigenvalue weighted by Crippen LogP contribution is -2.30. The zero-order chi connectivity index (χ0) is 18.0. The number of sulfonamides is 1. The van der Waals surface area contributed by atoms with Gasteiger partial charge < -0.3 is 10.5 Å². The third kappa shape index (κ3) is 4.00. The van der Waals surface area contributed by atoms with E-state index in [-0.39, 0.29) is 34.2 Å². The van der Waals surface area contributed by atoms with Gasteiger partial charge in [-0.05, 0) is 36.2 Å². The first kappa shape index (κ1) is 21.0. The summed E-state index contributed by atoms with van der Waals surface area (Å²) < 4.78 is 32.6. The van der Waals surface area contributed by atoms with Crippen LogP contribution in [0.15, 0.2) is 53.4 Å². The van der Waals surface area contributed by atoms with Crippen LogP contribution in [0, 0.1) is 5.92 Å². The Bertz CT molecular complexity index is 847. The van der Waals surface area contributed by atoms with E-state index in [0.29, 0.717) is 25.4 Å². The van der Waals surface area contributed by atoms with Crippen molar-refractivity contribution in [1.29, 1.82) is 0 Å². The average molecular weight is 417 g/mol. The summed E-state index contributed by atoms with van der Waals surface area (Å²) in [4.78, 5) is 0.169. The highest BCUT2D eigenvalue weighted by molar-refractivity contribution is 7.89. The molecule has 0 unspecified atom stereocenters. The van der Waals surface area contributed by atoms with Gasteiger partial charge in [0.15, 0.2) is 0 Å². The van der Waals surface area contributed by atoms with Gasteiger partial charge in [0.25, 0.3) is 0 Å². The van der Waals surface area contributed by atoms with Gasteiger partial charge in [0.05, 0.1) is 17.0 Å². The predicted octanol–water partition coefficient (Wildman–Crippen LogP) is 3.13. The fourth-order valence-corrected chi connectivity index (χ4v) is 5.17. The van der Waals surface area contributed by atoms with E-state index in [9.17, 15) is 8.42 Å². The highest BCUT2D eigenvalue weighted by Gasteiger charge is 2.39. The molecule has 0 aromatic heterocycles. The van der Waals surface area contributed by atoms with Crippen molar-refractivity contribution in [2.75, 3.05) is 26.7 Å². The Morgan fingerprint density at radius 2 is 1.88 bits per heavy atom. The maximum Gasteiger partial charge on any atom is 0.243 e. The number of benzene rings is 2. The van der Waals surface area contributed by atoms with Crippen LogP contribution in [0.5, 0.6) is 5.75 Å². The molecule has 2 aromatic rings. The Morgan fingerprint density at radius 1 is 1.19 bits per heavy atom. The molecule has 2 atom stereocenters. The summed E-state index contributed by atoms with van der Waals surface area (Å²) in [6.45, 7) is 1.26. The van der Waals surface area contributed by atoms with E-state index in [0.717, 1.165) is 5.56 Å². The van der Waals surface area contributed by atoms with Gasteiger partial charge in [-0.2, -0.15) is 4.31 Å². The second-order valence-corrected chi connectivity index (χ2v) is 8.48. The van der Waals surface area contributed by atoms with E-state index < -0.39 is 10.0 Å². The summed E-state index contributed by atoms with van der Waals surface area (Å²) in [5, 5.41) is 0.276. The predicted molar refractivity (Wildman–Crippen MR) is 106 cm³/mol. The molecule has 0 amide bonds. The molecule has 0 bridgehead atoms. The van der Waals surface area contributed by atoms with Crippen LogP contribution in [0.25, 0.3) is 0 Å². The van der Waals surface area contributed by atoms with E-state index in [1.165, 1.54) is 23.5 Å². The van der Waals surface area contributed by atoms with Crippen molar-refractivity contribution in [2.45, 2.75) is 10.8 Å². The zero-order valence-corrected chi connectivity index (χ0v) is 16.7. The van der Waals surface area contributed by atoms with E-state index in [1.807, 2.05) is 30.3 Å². The number of methoxy groups -OCH3 is 1.